The molecule has 1 saturated carbocycles. The fourth-order valence-corrected chi connectivity index (χ4v) is 3.58. The zero-order chi connectivity index (χ0) is 15.6. The number of hydrogen-bond acceptors (Lipinski definition) is 3. The van der Waals surface area contributed by atoms with Crippen LogP contribution in [0.25, 0.3) is 0 Å². The van der Waals surface area contributed by atoms with Gasteiger partial charge in [-0.15, -0.1) is 0 Å². The van der Waals surface area contributed by atoms with E-state index < -0.39 is 0 Å². The smallest absolute Gasteiger partial charge is 0.120 e. The summed E-state index contributed by atoms with van der Waals surface area (Å²) in [6.07, 6.45) is 4.17. The molecule has 3 heteroatoms. The first kappa shape index (κ1) is 15.8. The largest absolute Gasteiger partial charge is 0.488 e. The average Bonchev–Trinajstić information content (AvgIpc) is 2.43. The van der Waals surface area contributed by atoms with Gasteiger partial charge in [0.25, 0.3) is 0 Å². The van der Waals surface area contributed by atoms with Gasteiger partial charge in [0.2, 0.25) is 0 Å². The number of benzene rings is 1. The number of rotatable bonds is 4. The van der Waals surface area contributed by atoms with Crippen LogP contribution in [0.4, 0.5) is 0 Å². The Morgan fingerprint density at radius 3 is 2.23 bits per heavy atom. The van der Waals surface area contributed by atoms with Crippen molar-refractivity contribution in [1.82, 2.24) is 10.2 Å². The molecular weight excluding hydrogens is 272 g/mol. The van der Waals surface area contributed by atoms with Crippen LogP contribution in [-0.4, -0.2) is 36.7 Å². The van der Waals surface area contributed by atoms with Gasteiger partial charge < -0.3 is 10.1 Å². The standard InChI is InChI=1S/C19H30N2O/c1-19(2,3)22-17-9-7-16(8-10-17)18(15-5-4-6-15)21-13-11-20-12-14-21/h7-10,15,18,20H,4-6,11-14H2,1-3H3/t18-/m1/s1. The highest BCUT2D eigenvalue weighted by atomic mass is 16.5. The molecule has 1 aromatic rings. The molecule has 0 aromatic heterocycles. The first-order valence-electron chi connectivity index (χ1n) is 8.77. The van der Waals surface area contributed by atoms with Gasteiger partial charge in [0.05, 0.1) is 0 Å². The summed E-state index contributed by atoms with van der Waals surface area (Å²) in [7, 11) is 0. The van der Waals surface area contributed by atoms with Crippen molar-refractivity contribution in [1.29, 1.82) is 0 Å². The van der Waals surface area contributed by atoms with E-state index in [-0.39, 0.29) is 5.60 Å². The zero-order valence-electron chi connectivity index (χ0n) is 14.3. The fraction of sp³-hybridized carbons (Fsp3) is 0.684. The lowest BCUT2D eigenvalue weighted by Crippen LogP contribution is -2.47. The van der Waals surface area contributed by atoms with Crippen LogP contribution in [0.15, 0.2) is 24.3 Å². The van der Waals surface area contributed by atoms with Crippen LogP contribution < -0.4 is 10.1 Å². The third kappa shape index (κ3) is 3.82. The fourth-order valence-electron chi connectivity index (χ4n) is 3.58. The number of ether oxygens (including phenoxy) is 1. The summed E-state index contributed by atoms with van der Waals surface area (Å²) in [5.74, 6) is 1.82. The first-order chi connectivity index (χ1) is 10.5. The summed E-state index contributed by atoms with van der Waals surface area (Å²) < 4.78 is 5.96. The van der Waals surface area contributed by atoms with Crippen molar-refractivity contribution in [2.24, 2.45) is 5.92 Å². The van der Waals surface area contributed by atoms with Crippen LogP contribution in [0.2, 0.25) is 0 Å². The molecule has 1 saturated heterocycles. The molecule has 2 fully saturated rings. The van der Waals surface area contributed by atoms with Crippen LogP contribution in [0.3, 0.4) is 0 Å². The normalized spacial score (nSPS) is 22.1. The zero-order valence-corrected chi connectivity index (χ0v) is 14.3. The summed E-state index contributed by atoms with van der Waals surface area (Å²) in [5.41, 5.74) is 1.33. The van der Waals surface area contributed by atoms with E-state index in [1.807, 2.05) is 0 Å². The molecule has 122 valence electrons. The highest BCUT2D eigenvalue weighted by Crippen LogP contribution is 2.41. The Balaban J connectivity index is 1.75. The molecule has 1 aliphatic carbocycles. The quantitative estimate of drug-likeness (QED) is 0.919. The molecule has 0 bridgehead atoms. The van der Waals surface area contributed by atoms with E-state index in [1.165, 1.54) is 37.9 Å². The van der Waals surface area contributed by atoms with Gasteiger partial charge in [0.15, 0.2) is 0 Å². The maximum Gasteiger partial charge on any atom is 0.120 e. The van der Waals surface area contributed by atoms with Gasteiger partial charge in [-0.1, -0.05) is 18.6 Å². The second-order valence-electron chi connectivity index (χ2n) is 7.71. The van der Waals surface area contributed by atoms with Crippen molar-refractivity contribution in [3.8, 4) is 5.75 Å². The van der Waals surface area contributed by atoms with Crippen molar-refractivity contribution in [2.75, 3.05) is 26.2 Å². The summed E-state index contributed by atoms with van der Waals surface area (Å²) >= 11 is 0. The Kier molecular flexibility index (Phi) is 4.74. The molecule has 3 nitrogen and oxygen atoms in total. The van der Waals surface area contributed by atoms with Crippen LogP contribution in [0.1, 0.15) is 51.6 Å². The molecule has 0 radical (unpaired) electrons. The number of nitrogens with one attached hydrogen (secondary N) is 1. The SMILES string of the molecule is CC(C)(C)Oc1ccc([C@@H](C2CCC2)N2CCNCC2)cc1. The molecular formula is C19H30N2O. The molecule has 3 rings (SSSR count). The van der Waals surface area contributed by atoms with Gasteiger partial charge in [-0.05, 0) is 57.2 Å². The van der Waals surface area contributed by atoms with Crippen molar-refractivity contribution >= 4 is 0 Å². The third-order valence-electron chi connectivity index (χ3n) is 4.79. The molecule has 1 N–H and O–H groups in total. The highest BCUT2D eigenvalue weighted by molar-refractivity contribution is 5.30. The monoisotopic (exact) mass is 302 g/mol. The Morgan fingerprint density at radius 2 is 1.73 bits per heavy atom. The summed E-state index contributed by atoms with van der Waals surface area (Å²) in [4.78, 5) is 2.68. The Labute approximate surface area is 135 Å². The topological polar surface area (TPSA) is 24.5 Å². The maximum absolute atomic E-state index is 5.96. The summed E-state index contributed by atoms with van der Waals surface area (Å²) in [5, 5.41) is 3.47. The van der Waals surface area contributed by atoms with Gasteiger partial charge >= 0.3 is 0 Å². The number of piperazine rings is 1. The summed E-state index contributed by atoms with van der Waals surface area (Å²) in [6, 6.07) is 9.46. The second-order valence-corrected chi connectivity index (χ2v) is 7.71. The average molecular weight is 302 g/mol. The van der Waals surface area contributed by atoms with Gasteiger partial charge in [-0.2, -0.15) is 0 Å². The minimum Gasteiger partial charge on any atom is -0.488 e. The van der Waals surface area contributed by atoms with E-state index in [9.17, 15) is 0 Å². The van der Waals surface area contributed by atoms with Gasteiger partial charge in [-0.25, -0.2) is 0 Å². The molecule has 0 unspecified atom stereocenters. The Morgan fingerprint density at radius 1 is 1.09 bits per heavy atom. The number of hydrogen-bond donors (Lipinski definition) is 1. The van der Waals surface area contributed by atoms with E-state index in [1.54, 1.807) is 0 Å². The van der Waals surface area contributed by atoms with Crippen LogP contribution in [0.5, 0.6) is 5.75 Å². The van der Waals surface area contributed by atoms with Gasteiger partial charge in [-0.3, -0.25) is 4.90 Å². The summed E-state index contributed by atoms with van der Waals surface area (Å²) in [6.45, 7) is 10.9. The molecule has 0 spiro atoms. The van der Waals surface area contributed by atoms with E-state index in [0.717, 1.165) is 24.8 Å². The lowest BCUT2D eigenvalue weighted by molar-refractivity contribution is 0.0835. The molecule has 2 aliphatic rings. The Hall–Kier alpha value is -1.06. The first-order valence-corrected chi connectivity index (χ1v) is 8.77. The highest BCUT2D eigenvalue weighted by Gasteiger charge is 2.33. The minimum atomic E-state index is -0.132. The molecule has 1 heterocycles. The van der Waals surface area contributed by atoms with Gasteiger partial charge in [0.1, 0.15) is 11.4 Å². The van der Waals surface area contributed by atoms with E-state index in [2.05, 4.69) is 55.3 Å². The third-order valence-corrected chi connectivity index (χ3v) is 4.79. The minimum absolute atomic E-state index is 0.132. The Bertz CT molecular complexity index is 467. The van der Waals surface area contributed by atoms with E-state index >= 15 is 0 Å². The van der Waals surface area contributed by atoms with Crippen LogP contribution in [0, 0.1) is 5.92 Å². The molecule has 1 aliphatic heterocycles. The van der Waals surface area contributed by atoms with Crippen molar-refractivity contribution < 1.29 is 4.74 Å². The van der Waals surface area contributed by atoms with Gasteiger partial charge in [0, 0.05) is 32.2 Å². The molecule has 0 amide bonds. The van der Waals surface area contributed by atoms with Crippen LogP contribution >= 0.6 is 0 Å². The molecule has 1 aromatic carbocycles. The predicted molar refractivity (Wildman–Crippen MR) is 91.3 cm³/mol. The second kappa shape index (κ2) is 6.59. The van der Waals surface area contributed by atoms with Crippen molar-refractivity contribution in [3.63, 3.8) is 0 Å². The molecule has 1 atom stereocenters. The van der Waals surface area contributed by atoms with Crippen LogP contribution in [-0.2, 0) is 0 Å². The lowest BCUT2D eigenvalue weighted by atomic mass is 9.76. The predicted octanol–water partition coefficient (Wildman–Crippen LogP) is 3.61. The number of nitrogens with zero attached hydrogens (tertiary/aromatic N) is 1. The lowest BCUT2D eigenvalue weighted by Gasteiger charge is -2.43. The van der Waals surface area contributed by atoms with Crippen molar-refractivity contribution in [3.05, 3.63) is 29.8 Å². The maximum atomic E-state index is 5.96. The van der Waals surface area contributed by atoms with E-state index in [4.69, 9.17) is 4.74 Å². The van der Waals surface area contributed by atoms with Crippen molar-refractivity contribution in [2.45, 2.75) is 51.7 Å². The molecule has 22 heavy (non-hydrogen) atoms. The van der Waals surface area contributed by atoms with E-state index in [0.29, 0.717) is 6.04 Å².